The number of halogens is 1. The highest BCUT2D eigenvalue weighted by molar-refractivity contribution is 6.34. The van der Waals surface area contributed by atoms with E-state index in [1.165, 1.54) is 4.68 Å². The zero-order chi connectivity index (χ0) is 15.6. The summed E-state index contributed by atoms with van der Waals surface area (Å²) in [6, 6.07) is 0. The van der Waals surface area contributed by atoms with E-state index in [1.807, 2.05) is 0 Å². The molecule has 1 aliphatic rings. The van der Waals surface area contributed by atoms with Gasteiger partial charge in [-0.2, -0.15) is 5.10 Å². The first-order chi connectivity index (χ1) is 9.95. The number of aryl methyl sites for hydroxylation is 2. The molecule has 0 saturated carbocycles. The second-order valence-electron chi connectivity index (χ2n) is 4.85. The lowest BCUT2D eigenvalue weighted by atomic mass is 10.2. The minimum atomic E-state index is -0.334. The van der Waals surface area contributed by atoms with Crippen molar-refractivity contribution in [2.45, 2.75) is 13.8 Å². The van der Waals surface area contributed by atoms with Gasteiger partial charge >= 0.3 is 6.09 Å². The Labute approximate surface area is 128 Å². The number of piperazine rings is 1. The lowest BCUT2D eigenvalue weighted by molar-refractivity contribution is 0.0562. The van der Waals surface area contributed by atoms with E-state index in [1.54, 1.807) is 30.7 Å². The average Bonchev–Trinajstić information content (AvgIpc) is 2.72. The summed E-state index contributed by atoms with van der Waals surface area (Å²) in [6.45, 7) is 5.71. The SMILES string of the molecule is CCOC(=O)N1CCN(C(=O)c2c(Cl)c(C)nn2C)CC1. The summed E-state index contributed by atoms with van der Waals surface area (Å²) in [7, 11) is 1.70. The first kappa shape index (κ1) is 15.6. The number of ether oxygens (including phenoxy) is 1. The molecule has 1 aromatic heterocycles. The molecular weight excluding hydrogens is 296 g/mol. The highest BCUT2D eigenvalue weighted by Crippen LogP contribution is 2.21. The number of hydrogen-bond donors (Lipinski definition) is 0. The second-order valence-corrected chi connectivity index (χ2v) is 5.23. The van der Waals surface area contributed by atoms with Crippen molar-refractivity contribution < 1.29 is 14.3 Å². The summed E-state index contributed by atoms with van der Waals surface area (Å²) in [4.78, 5) is 27.4. The van der Waals surface area contributed by atoms with Gasteiger partial charge in [0, 0.05) is 33.2 Å². The Hall–Kier alpha value is -1.76. The molecule has 0 atom stereocenters. The number of nitrogens with zero attached hydrogens (tertiary/aromatic N) is 4. The molecule has 0 aromatic carbocycles. The molecule has 0 unspecified atom stereocenters. The van der Waals surface area contributed by atoms with Crippen LogP contribution in [0.25, 0.3) is 0 Å². The van der Waals surface area contributed by atoms with Crippen LogP contribution in [0.3, 0.4) is 0 Å². The van der Waals surface area contributed by atoms with Crippen LogP contribution in [0, 0.1) is 6.92 Å². The van der Waals surface area contributed by atoms with Gasteiger partial charge in [0.05, 0.1) is 17.3 Å². The van der Waals surface area contributed by atoms with Gasteiger partial charge in [0.1, 0.15) is 5.69 Å². The molecule has 1 aliphatic heterocycles. The molecule has 7 nitrogen and oxygen atoms in total. The lowest BCUT2D eigenvalue weighted by Gasteiger charge is -2.34. The molecule has 1 fully saturated rings. The van der Waals surface area contributed by atoms with E-state index in [0.29, 0.717) is 49.2 Å². The van der Waals surface area contributed by atoms with Crippen LogP contribution in [0.15, 0.2) is 0 Å². The predicted octanol–water partition coefficient (Wildman–Crippen LogP) is 1.30. The fourth-order valence-corrected chi connectivity index (χ4v) is 2.56. The number of hydrogen-bond acceptors (Lipinski definition) is 4. The lowest BCUT2D eigenvalue weighted by Crippen LogP contribution is -2.51. The molecule has 2 rings (SSSR count). The number of rotatable bonds is 2. The third kappa shape index (κ3) is 3.12. The molecule has 116 valence electrons. The zero-order valence-electron chi connectivity index (χ0n) is 12.4. The Bertz CT molecular complexity index is 550. The summed E-state index contributed by atoms with van der Waals surface area (Å²) >= 11 is 6.13. The van der Waals surface area contributed by atoms with Crippen molar-refractivity contribution >= 4 is 23.6 Å². The largest absolute Gasteiger partial charge is 0.450 e. The smallest absolute Gasteiger partial charge is 0.409 e. The van der Waals surface area contributed by atoms with Crippen LogP contribution >= 0.6 is 11.6 Å². The van der Waals surface area contributed by atoms with Gasteiger partial charge in [-0.3, -0.25) is 9.48 Å². The summed E-state index contributed by atoms with van der Waals surface area (Å²) in [5.41, 5.74) is 1.02. The van der Waals surface area contributed by atoms with E-state index in [2.05, 4.69) is 5.10 Å². The van der Waals surface area contributed by atoms with Gasteiger partial charge in [-0.05, 0) is 13.8 Å². The molecule has 1 saturated heterocycles. The summed E-state index contributed by atoms with van der Waals surface area (Å²) in [5, 5.41) is 4.53. The molecule has 21 heavy (non-hydrogen) atoms. The summed E-state index contributed by atoms with van der Waals surface area (Å²) < 4.78 is 6.45. The quantitative estimate of drug-likeness (QED) is 0.825. The Balaban J connectivity index is 2.02. The van der Waals surface area contributed by atoms with Crippen molar-refractivity contribution in [3.8, 4) is 0 Å². The number of amides is 2. The molecule has 2 amide bonds. The molecule has 0 spiro atoms. The van der Waals surface area contributed by atoms with Crippen molar-refractivity contribution in [3.05, 3.63) is 16.4 Å². The van der Waals surface area contributed by atoms with Gasteiger partial charge in [0.25, 0.3) is 5.91 Å². The molecule has 0 N–H and O–H groups in total. The van der Waals surface area contributed by atoms with Gasteiger partial charge in [-0.1, -0.05) is 11.6 Å². The van der Waals surface area contributed by atoms with Crippen LogP contribution in [-0.2, 0) is 11.8 Å². The van der Waals surface area contributed by atoms with Crippen molar-refractivity contribution in [2.75, 3.05) is 32.8 Å². The maximum atomic E-state index is 12.5. The monoisotopic (exact) mass is 314 g/mol. The Morgan fingerprint density at radius 3 is 2.29 bits per heavy atom. The Kier molecular flexibility index (Phi) is 4.72. The summed E-state index contributed by atoms with van der Waals surface area (Å²) in [5.74, 6) is -0.161. The van der Waals surface area contributed by atoms with Gasteiger partial charge in [-0.15, -0.1) is 0 Å². The van der Waals surface area contributed by atoms with Crippen LogP contribution < -0.4 is 0 Å². The van der Waals surface area contributed by atoms with Gasteiger partial charge < -0.3 is 14.5 Å². The first-order valence-electron chi connectivity index (χ1n) is 6.85. The van der Waals surface area contributed by atoms with E-state index < -0.39 is 0 Å². The third-order valence-corrected chi connectivity index (χ3v) is 3.90. The zero-order valence-corrected chi connectivity index (χ0v) is 13.2. The van der Waals surface area contributed by atoms with Crippen molar-refractivity contribution in [1.82, 2.24) is 19.6 Å². The number of aromatic nitrogens is 2. The van der Waals surface area contributed by atoms with E-state index in [-0.39, 0.29) is 12.0 Å². The third-order valence-electron chi connectivity index (χ3n) is 3.44. The van der Waals surface area contributed by atoms with E-state index in [9.17, 15) is 9.59 Å². The van der Waals surface area contributed by atoms with Crippen molar-refractivity contribution in [3.63, 3.8) is 0 Å². The van der Waals surface area contributed by atoms with Crippen molar-refractivity contribution in [2.24, 2.45) is 7.05 Å². The molecule has 0 radical (unpaired) electrons. The number of carbonyl (C=O) groups is 2. The normalized spacial score (nSPS) is 15.2. The molecule has 8 heteroatoms. The minimum absolute atomic E-state index is 0.161. The second kappa shape index (κ2) is 6.34. The average molecular weight is 315 g/mol. The fraction of sp³-hybridized carbons (Fsp3) is 0.615. The maximum Gasteiger partial charge on any atom is 0.409 e. The molecule has 0 bridgehead atoms. The Morgan fingerprint density at radius 1 is 1.24 bits per heavy atom. The molecular formula is C13H19ClN4O3. The maximum absolute atomic E-state index is 12.5. The topological polar surface area (TPSA) is 67.7 Å². The van der Waals surface area contributed by atoms with Gasteiger partial charge in [-0.25, -0.2) is 4.79 Å². The van der Waals surface area contributed by atoms with E-state index in [4.69, 9.17) is 16.3 Å². The van der Waals surface area contributed by atoms with Crippen LogP contribution in [-0.4, -0.2) is 64.4 Å². The Morgan fingerprint density at radius 2 is 1.81 bits per heavy atom. The summed E-state index contributed by atoms with van der Waals surface area (Å²) in [6.07, 6.45) is -0.334. The van der Waals surface area contributed by atoms with Crippen LogP contribution in [0.1, 0.15) is 23.1 Å². The van der Waals surface area contributed by atoms with Gasteiger partial charge in [0.2, 0.25) is 0 Å². The van der Waals surface area contributed by atoms with Crippen LogP contribution in [0.4, 0.5) is 4.79 Å². The van der Waals surface area contributed by atoms with Crippen LogP contribution in [0.5, 0.6) is 0 Å². The molecule has 2 heterocycles. The van der Waals surface area contributed by atoms with Crippen molar-refractivity contribution in [1.29, 1.82) is 0 Å². The van der Waals surface area contributed by atoms with Gasteiger partial charge in [0.15, 0.2) is 0 Å². The van der Waals surface area contributed by atoms with Crippen LogP contribution in [0.2, 0.25) is 5.02 Å². The minimum Gasteiger partial charge on any atom is -0.450 e. The molecule has 0 aliphatic carbocycles. The van der Waals surface area contributed by atoms with E-state index in [0.717, 1.165) is 0 Å². The highest BCUT2D eigenvalue weighted by Gasteiger charge is 2.28. The fourth-order valence-electron chi connectivity index (χ4n) is 2.32. The molecule has 1 aromatic rings. The standard InChI is InChI=1S/C13H19ClN4O3/c1-4-21-13(20)18-7-5-17(6-8-18)12(19)11-10(14)9(2)15-16(11)3/h4-8H2,1-3H3. The predicted molar refractivity (Wildman–Crippen MR) is 77.5 cm³/mol. The van der Waals surface area contributed by atoms with E-state index >= 15 is 0 Å². The number of carbonyl (C=O) groups excluding carboxylic acids is 2. The highest BCUT2D eigenvalue weighted by atomic mass is 35.5. The first-order valence-corrected chi connectivity index (χ1v) is 7.23.